The van der Waals surface area contributed by atoms with Gasteiger partial charge in [-0.25, -0.2) is 8.78 Å². The van der Waals surface area contributed by atoms with Crippen molar-refractivity contribution in [3.05, 3.63) is 64.9 Å². The van der Waals surface area contributed by atoms with Gasteiger partial charge in [-0.3, -0.25) is 4.79 Å². The maximum Gasteiger partial charge on any atom is 0.237 e. The van der Waals surface area contributed by atoms with E-state index in [0.717, 1.165) is 0 Å². The molecule has 0 saturated carbocycles. The first-order valence-corrected chi connectivity index (χ1v) is 11.2. The number of thioether (sulfide) groups is 1. The highest BCUT2D eigenvalue weighted by Crippen LogP contribution is 2.31. The first kappa shape index (κ1) is 24.0. The number of hydrogen-bond donors (Lipinski definition) is 1. The molecule has 1 heterocycles. The van der Waals surface area contributed by atoms with Gasteiger partial charge in [0.25, 0.3) is 0 Å². The van der Waals surface area contributed by atoms with Crippen LogP contribution in [0.3, 0.4) is 0 Å². The van der Waals surface area contributed by atoms with Crippen molar-refractivity contribution < 1.29 is 18.3 Å². The van der Waals surface area contributed by atoms with Crippen LogP contribution in [0.4, 0.5) is 14.5 Å². The highest BCUT2D eigenvalue weighted by atomic mass is 35.5. The third-order valence-electron chi connectivity index (χ3n) is 4.55. The van der Waals surface area contributed by atoms with Crippen molar-refractivity contribution >= 4 is 35.0 Å². The zero-order valence-electron chi connectivity index (χ0n) is 18.0. The third kappa shape index (κ3) is 5.58. The number of nitrogens with one attached hydrogen (secondary N) is 1. The van der Waals surface area contributed by atoms with E-state index in [-0.39, 0.29) is 22.7 Å². The molecular weight excluding hydrogens is 458 g/mol. The minimum absolute atomic E-state index is 0.0275. The van der Waals surface area contributed by atoms with Crippen LogP contribution in [0.2, 0.25) is 5.02 Å². The predicted molar refractivity (Wildman–Crippen MR) is 121 cm³/mol. The second-order valence-corrected chi connectivity index (χ2v) is 9.09. The molecule has 2 aromatic carbocycles. The standard InChI is InChI=1S/C22H23ClF2N4O2S/c1-12(2)29-20(13(3)31-19-8-6-5-7-18(19)25)27-28-22(29)32-14(4)21(30)26-15-9-10-17(24)16(23)11-15/h5-14H,1-4H3,(H,26,30). The fraction of sp³-hybridized carbons (Fsp3) is 0.318. The largest absolute Gasteiger partial charge is 0.480 e. The van der Waals surface area contributed by atoms with E-state index in [1.807, 2.05) is 18.4 Å². The lowest BCUT2D eigenvalue weighted by molar-refractivity contribution is -0.115. The lowest BCUT2D eigenvalue weighted by atomic mass is 10.3. The Bertz CT molecular complexity index is 1110. The molecule has 0 radical (unpaired) electrons. The molecule has 0 fully saturated rings. The molecular formula is C22H23ClF2N4O2S. The smallest absolute Gasteiger partial charge is 0.237 e. The number of nitrogens with zero attached hydrogens (tertiary/aromatic N) is 3. The van der Waals surface area contributed by atoms with Crippen molar-refractivity contribution in [1.82, 2.24) is 14.8 Å². The quantitative estimate of drug-likeness (QED) is 0.397. The average Bonchev–Trinajstić information content (AvgIpc) is 3.16. The Labute approximate surface area is 194 Å². The summed E-state index contributed by atoms with van der Waals surface area (Å²) in [5.74, 6) is -0.679. The van der Waals surface area contributed by atoms with Crippen molar-refractivity contribution in [2.75, 3.05) is 5.32 Å². The summed E-state index contributed by atoms with van der Waals surface area (Å²) in [6.07, 6.45) is -0.568. The Morgan fingerprint density at radius 2 is 1.81 bits per heavy atom. The van der Waals surface area contributed by atoms with E-state index >= 15 is 0 Å². The van der Waals surface area contributed by atoms with Crippen molar-refractivity contribution in [1.29, 1.82) is 0 Å². The summed E-state index contributed by atoms with van der Waals surface area (Å²) in [5.41, 5.74) is 0.395. The molecule has 0 spiro atoms. The molecule has 1 amide bonds. The normalized spacial score (nSPS) is 13.1. The van der Waals surface area contributed by atoms with Gasteiger partial charge in [0.1, 0.15) is 5.82 Å². The number of ether oxygens (including phenoxy) is 1. The zero-order valence-corrected chi connectivity index (χ0v) is 19.5. The number of aromatic nitrogens is 3. The molecule has 6 nitrogen and oxygen atoms in total. The fourth-order valence-electron chi connectivity index (χ4n) is 2.94. The molecule has 3 aromatic rings. The number of amides is 1. The molecule has 32 heavy (non-hydrogen) atoms. The maximum atomic E-state index is 14.0. The number of hydrogen-bond acceptors (Lipinski definition) is 5. The first-order valence-electron chi connectivity index (χ1n) is 9.96. The van der Waals surface area contributed by atoms with Gasteiger partial charge in [-0.2, -0.15) is 0 Å². The molecule has 0 saturated heterocycles. The Kier molecular flexibility index (Phi) is 7.73. The van der Waals surface area contributed by atoms with Crippen LogP contribution in [0.1, 0.15) is 45.7 Å². The molecule has 3 rings (SSSR count). The summed E-state index contributed by atoms with van der Waals surface area (Å²) in [6.45, 7) is 7.40. The zero-order chi connectivity index (χ0) is 23.4. The Morgan fingerprint density at radius 1 is 1.09 bits per heavy atom. The van der Waals surface area contributed by atoms with Crippen LogP contribution in [-0.4, -0.2) is 25.9 Å². The number of anilines is 1. The van der Waals surface area contributed by atoms with E-state index < -0.39 is 23.0 Å². The van der Waals surface area contributed by atoms with E-state index in [2.05, 4.69) is 15.5 Å². The molecule has 2 unspecified atom stereocenters. The van der Waals surface area contributed by atoms with Crippen molar-refractivity contribution in [3.63, 3.8) is 0 Å². The third-order valence-corrected chi connectivity index (χ3v) is 5.90. The molecule has 0 aliphatic rings. The van der Waals surface area contributed by atoms with Gasteiger partial charge in [-0.05, 0) is 58.0 Å². The van der Waals surface area contributed by atoms with Crippen LogP contribution in [-0.2, 0) is 4.79 Å². The molecule has 0 aliphatic carbocycles. The van der Waals surface area contributed by atoms with E-state index in [0.29, 0.717) is 16.7 Å². The summed E-state index contributed by atoms with van der Waals surface area (Å²) in [7, 11) is 0. The fourth-order valence-corrected chi connectivity index (χ4v) is 4.11. The first-order chi connectivity index (χ1) is 15.2. The Morgan fingerprint density at radius 3 is 2.47 bits per heavy atom. The van der Waals surface area contributed by atoms with Crippen molar-refractivity contribution in [2.24, 2.45) is 0 Å². The van der Waals surface area contributed by atoms with Crippen molar-refractivity contribution in [3.8, 4) is 5.75 Å². The Balaban J connectivity index is 1.74. The van der Waals surface area contributed by atoms with Gasteiger partial charge in [0.15, 0.2) is 28.7 Å². The van der Waals surface area contributed by atoms with Crippen LogP contribution >= 0.6 is 23.4 Å². The maximum absolute atomic E-state index is 14.0. The highest BCUT2D eigenvalue weighted by Gasteiger charge is 2.25. The number of benzene rings is 2. The monoisotopic (exact) mass is 480 g/mol. The lowest BCUT2D eigenvalue weighted by Crippen LogP contribution is -2.23. The van der Waals surface area contributed by atoms with Crippen LogP contribution in [0.15, 0.2) is 47.6 Å². The van der Waals surface area contributed by atoms with Gasteiger partial charge >= 0.3 is 0 Å². The summed E-state index contributed by atoms with van der Waals surface area (Å²) in [6, 6.07) is 10.1. The molecule has 0 bridgehead atoms. The molecule has 2 atom stereocenters. The van der Waals surface area contributed by atoms with Gasteiger partial charge in [-0.15, -0.1) is 10.2 Å². The summed E-state index contributed by atoms with van der Waals surface area (Å²) in [5, 5.41) is 11.1. The number of rotatable bonds is 8. The van der Waals surface area contributed by atoms with Crippen LogP contribution in [0, 0.1) is 11.6 Å². The number of carbonyl (C=O) groups is 1. The van der Waals surface area contributed by atoms with Gasteiger partial charge in [-0.1, -0.05) is 35.5 Å². The van der Waals surface area contributed by atoms with Gasteiger partial charge < -0.3 is 14.6 Å². The van der Waals surface area contributed by atoms with E-state index in [4.69, 9.17) is 16.3 Å². The molecule has 1 N–H and O–H groups in total. The van der Waals surface area contributed by atoms with Gasteiger partial charge in [0, 0.05) is 11.7 Å². The van der Waals surface area contributed by atoms with Gasteiger partial charge in [0.05, 0.1) is 10.3 Å². The summed E-state index contributed by atoms with van der Waals surface area (Å²) in [4.78, 5) is 12.6. The SMILES string of the molecule is CC(Sc1nnc(C(C)Oc2ccccc2F)n1C(C)C)C(=O)Nc1ccc(F)c(Cl)c1. The van der Waals surface area contributed by atoms with Crippen LogP contribution < -0.4 is 10.1 Å². The predicted octanol–water partition coefficient (Wildman–Crippen LogP) is 6.05. The average molecular weight is 481 g/mol. The minimum atomic E-state index is -0.568. The molecule has 0 aliphatic heterocycles. The minimum Gasteiger partial charge on any atom is -0.480 e. The second-order valence-electron chi connectivity index (χ2n) is 7.37. The van der Waals surface area contributed by atoms with E-state index in [1.54, 1.807) is 32.0 Å². The van der Waals surface area contributed by atoms with Crippen molar-refractivity contribution in [2.45, 2.75) is 50.2 Å². The number of halogens is 3. The second kappa shape index (κ2) is 10.3. The molecule has 170 valence electrons. The highest BCUT2D eigenvalue weighted by molar-refractivity contribution is 8.00. The van der Waals surface area contributed by atoms with E-state index in [9.17, 15) is 13.6 Å². The summed E-state index contributed by atoms with van der Waals surface area (Å²) >= 11 is 7.00. The Hall–Kier alpha value is -2.65. The summed E-state index contributed by atoms with van der Waals surface area (Å²) < 4.78 is 34.9. The number of para-hydroxylation sites is 1. The molecule has 10 heteroatoms. The number of carbonyl (C=O) groups excluding carboxylic acids is 1. The lowest BCUT2D eigenvalue weighted by Gasteiger charge is -2.20. The van der Waals surface area contributed by atoms with Gasteiger partial charge in [0.2, 0.25) is 5.91 Å². The van der Waals surface area contributed by atoms with Crippen LogP contribution in [0.5, 0.6) is 5.75 Å². The van der Waals surface area contributed by atoms with Crippen LogP contribution in [0.25, 0.3) is 0 Å². The molecule has 1 aromatic heterocycles. The van der Waals surface area contributed by atoms with E-state index in [1.165, 1.54) is 36.0 Å². The topological polar surface area (TPSA) is 69.0 Å².